The van der Waals surface area contributed by atoms with Crippen molar-refractivity contribution in [2.24, 2.45) is 0 Å². The number of carbonyl (C=O) groups is 2. The molecule has 0 aliphatic rings. The Balaban J connectivity index is 2.48. The highest BCUT2D eigenvalue weighted by atomic mass is 28.4. The van der Waals surface area contributed by atoms with E-state index in [0.29, 0.717) is 0 Å². The molecule has 0 spiro atoms. The molecule has 27 heavy (non-hydrogen) atoms. The van der Waals surface area contributed by atoms with Crippen LogP contribution in [0.5, 0.6) is 0 Å². The minimum Gasteiger partial charge on any atom is -0.507 e. The van der Waals surface area contributed by atoms with Crippen LogP contribution in [0.25, 0.3) is 0 Å². The van der Waals surface area contributed by atoms with Crippen molar-refractivity contribution in [2.45, 2.75) is 32.7 Å². The fourth-order valence-corrected chi connectivity index (χ4v) is 7.43. The van der Waals surface area contributed by atoms with E-state index in [1.165, 1.54) is 6.92 Å². The Labute approximate surface area is 162 Å². The van der Waals surface area contributed by atoms with Crippen molar-refractivity contribution in [3.05, 3.63) is 72.8 Å². The molecule has 0 N–H and O–H groups in total. The zero-order chi connectivity index (χ0) is 20.1. The lowest BCUT2D eigenvalue weighted by atomic mass is 10.2. The number of ether oxygens (including phenoxy) is 1. The van der Waals surface area contributed by atoms with Gasteiger partial charge < -0.3 is 9.16 Å². The van der Waals surface area contributed by atoms with Crippen molar-refractivity contribution in [1.29, 1.82) is 0 Å². The molecular formula is C22H26O4Si. The molecule has 0 aliphatic carbocycles. The van der Waals surface area contributed by atoms with Crippen molar-refractivity contribution in [3.8, 4) is 0 Å². The minimum absolute atomic E-state index is 0.244. The highest BCUT2D eigenvalue weighted by Crippen LogP contribution is 2.36. The van der Waals surface area contributed by atoms with E-state index in [9.17, 15) is 9.59 Å². The second-order valence-corrected chi connectivity index (χ2v) is 11.7. The van der Waals surface area contributed by atoms with Crippen molar-refractivity contribution in [1.82, 2.24) is 0 Å². The van der Waals surface area contributed by atoms with Gasteiger partial charge in [0.1, 0.15) is 0 Å². The quantitative estimate of drug-likeness (QED) is 0.437. The van der Waals surface area contributed by atoms with Crippen molar-refractivity contribution in [3.63, 3.8) is 0 Å². The van der Waals surface area contributed by atoms with Gasteiger partial charge in [0, 0.05) is 5.57 Å². The summed E-state index contributed by atoms with van der Waals surface area (Å²) < 4.78 is 11.2. The topological polar surface area (TPSA) is 52.6 Å². The molecule has 4 nitrogen and oxygen atoms in total. The third-order valence-corrected chi connectivity index (χ3v) is 9.29. The summed E-state index contributed by atoms with van der Waals surface area (Å²) in [6.45, 7) is 10.9. The summed E-state index contributed by atoms with van der Waals surface area (Å²) in [6.07, 6.45) is 0. The predicted molar refractivity (Wildman–Crippen MR) is 109 cm³/mol. The third-order valence-electron chi connectivity index (χ3n) is 4.35. The molecule has 0 fully saturated rings. The van der Waals surface area contributed by atoms with Gasteiger partial charge >= 0.3 is 20.3 Å². The zero-order valence-electron chi connectivity index (χ0n) is 16.3. The van der Waals surface area contributed by atoms with Crippen molar-refractivity contribution < 1.29 is 18.8 Å². The standard InChI is InChI=1S/C22H26O4Si/c1-17(2)21(24)25-16-20(23)26-27(22(3,4)5,18-12-8-6-9-13-18)19-14-10-7-11-15-19/h6-15H,1,16H2,2-5H3. The van der Waals surface area contributed by atoms with Crippen LogP contribution >= 0.6 is 0 Å². The largest absolute Gasteiger partial charge is 0.507 e. The van der Waals surface area contributed by atoms with E-state index in [1.54, 1.807) is 0 Å². The maximum atomic E-state index is 12.7. The van der Waals surface area contributed by atoms with E-state index < -0.39 is 26.9 Å². The maximum absolute atomic E-state index is 12.7. The molecule has 0 unspecified atom stereocenters. The Hall–Kier alpha value is -2.66. The van der Waals surface area contributed by atoms with Crippen molar-refractivity contribution >= 4 is 30.6 Å². The smallest absolute Gasteiger partial charge is 0.333 e. The first-order valence-electron chi connectivity index (χ1n) is 8.84. The van der Waals surface area contributed by atoms with Gasteiger partial charge in [0.15, 0.2) is 6.61 Å². The zero-order valence-corrected chi connectivity index (χ0v) is 17.3. The van der Waals surface area contributed by atoms with Crippen LogP contribution in [0.2, 0.25) is 5.04 Å². The van der Waals surface area contributed by atoms with E-state index in [2.05, 4.69) is 27.4 Å². The average molecular weight is 383 g/mol. The first-order chi connectivity index (χ1) is 12.7. The summed E-state index contributed by atoms with van der Waals surface area (Å²) in [6, 6.07) is 19.6. The SMILES string of the molecule is C=C(C)C(=O)OCC(=O)O[Si](c1ccccc1)(c1ccccc1)C(C)(C)C. The van der Waals surface area contributed by atoms with Crippen LogP contribution in [0.4, 0.5) is 0 Å². The van der Waals surface area contributed by atoms with Gasteiger partial charge in [-0.25, -0.2) is 9.59 Å². The Morgan fingerprint density at radius 1 is 0.926 bits per heavy atom. The number of hydrogen-bond donors (Lipinski definition) is 0. The number of esters is 1. The average Bonchev–Trinajstić information content (AvgIpc) is 2.64. The highest BCUT2D eigenvalue weighted by molar-refractivity contribution is 7.00. The summed E-state index contributed by atoms with van der Waals surface area (Å²) in [5.74, 6) is -1.16. The molecule has 0 aliphatic heterocycles. The molecule has 0 heterocycles. The van der Waals surface area contributed by atoms with E-state index >= 15 is 0 Å². The molecule has 2 aromatic carbocycles. The summed E-state index contributed by atoms with van der Waals surface area (Å²) in [4.78, 5) is 24.3. The number of hydrogen-bond acceptors (Lipinski definition) is 4. The Morgan fingerprint density at radius 3 is 1.74 bits per heavy atom. The number of rotatable bonds is 6. The van der Waals surface area contributed by atoms with Gasteiger partial charge in [0.25, 0.3) is 0 Å². The van der Waals surface area contributed by atoms with E-state index in [4.69, 9.17) is 9.16 Å². The van der Waals surface area contributed by atoms with Crippen LogP contribution in [-0.2, 0) is 18.8 Å². The predicted octanol–water partition coefficient (Wildman–Crippen LogP) is 3.21. The molecule has 0 radical (unpaired) electrons. The summed E-state index contributed by atoms with van der Waals surface area (Å²) >= 11 is 0. The van der Waals surface area contributed by atoms with Gasteiger partial charge in [-0.3, -0.25) is 0 Å². The lowest BCUT2D eigenvalue weighted by molar-refractivity contribution is -0.151. The second-order valence-electron chi connectivity index (χ2n) is 7.49. The summed E-state index contributed by atoms with van der Waals surface area (Å²) in [5.41, 5.74) is 0.244. The number of carbonyl (C=O) groups excluding carboxylic acids is 2. The van der Waals surface area contributed by atoms with Crippen LogP contribution in [0.15, 0.2) is 72.8 Å². The first kappa shape index (κ1) is 20.6. The van der Waals surface area contributed by atoms with Crippen molar-refractivity contribution in [2.75, 3.05) is 6.61 Å². The van der Waals surface area contributed by atoms with Gasteiger partial charge in [0.2, 0.25) is 0 Å². The van der Waals surface area contributed by atoms with E-state index in [-0.39, 0.29) is 10.6 Å². The molecule has 0 amide bonds. The molecular weight excluding hydrogens is 356 g/mol. The Kier molecular flexibility index (Phi) is 6.39. The van der Waals surface area contributed by atoms with Crippen LogP contribution in [-0.4, -0.2) is 26.9 Å². The molecule has 0 aromatic heterocycles. The molecule has 0 saturated heterocycles. The minimum atomic E-state index is -2.97. The van der Waals surface area contributed by atoms with Gasteiger partial charge in [-0.2, -0.15) is 0 Å². The van der Waals surface area contributed by atoms with Gasteiger partial charge in [-0.05, 0) is 22.3 Å². The van der Waals surface area contributed by atoms with E-state index in [0.717, 1.165) is 10.4 Å². The summed E-state index contributed by atoms with van der Waals surface area (Å²) in [7, 11) is -2.97. The molecule has 0 bridgehead atoms. The van der Waals surface area contributed by atoms with Crippen LogP contribution in [0.1, 0.15) is 27.7 Å². The second kappa shape index (κ2) is 8.35. The Bertz CT molecular complexity index is 768. The van der Waals surface area contributed by atoms with Gasteiger partial charge in [0.05, 0.1) is 0 Å². The molecule has 5 heteroatoms. The van der Waals surface area contributed by atoms with Crippen LogP contribution in [0, 0.1) is 0 Å². The summed E-state index contributed by atoms with van der Waals surface area (Å²) in [5, 5.41) is 1.65. The fraction of sp³-hybridized carbons (Fsp3) is 0.273. The molecule has 0 saturated carbocycles. The fourth-order valence-electron chi connectivity index (χ4n) is 3.10. The van der Waals surface area contributed by atoms with E-state index in [1.807, 2.05) is 60.7 Å². The highest BCUT2D eigenvalue weighted by Gasteiger charge is 2.53. The first-order valence-corrected chi connectivity index (χ1v) is 10.7. The third kappa shape index (κ3) is 4.55. The Morgan fingerprint density at radius 2 is 1.37 bits per heavy atom. The monoisotopic (exact) mass is 382 g/mol. The molecule has 0 atom stereocenters. The molecule has 2 rings (SSSR count). The van der Waals surface area contributed by atoms with Crippen LogP contribution < -0.4 is 10.4 Å². The van der Waals surface area contributed by atoms with Crippen LogP contribution in [0.3, 0.4) is 0 Å². The normalized spacial score (nSPS) is 11.6. The molecule has 142 valence electrons. The molecule has 2 aromatic rings. The lowest BCUT2D eigenvalue weighted by Crippen LogP contribution is -2.67. The number of benzene rings is 2. The van der Waals surface area contributed by atoms with Gasteiger partial charge in [-0.15, -0.1) is 0 Å². The maximum Gasteiger partial charge on any atom is 0.333 e. The van der Waals surface area contributed by atoms with Gasteiger partial charge in [-0.1, -0.05) is 88.0 Å². The lowest BCUT2D eigenvalue weighted by Gasteiger charge is -2.42.